The summed E-state index contributed by atoms with van der Waals surface area (Å²) in [6, 6.07) is 14.4. The average molecular weight is 706 g/mol. The number of likely N-dealkylation sites (tertiary alicyclic amines) is 1. The molecule has 0 aromatic heterocycles. The van der Waals surface area contributed by atoms with E-state index in [1.54, 1.807) is 6.07 Å². The highest BCUT2D eigenvalue weighted by Gasteiger charge is 2.40. The van der Waals surface area contributed by atoms with Gasteiger partial charge in [0, 0.05) is 58.2 Å². The van der Waals surface area contributed by atoms with Crippen LogP contribution in [0.4, 0.5) is 0 Å². The van der Waals surface area contributed by atoms with Gasteiger partial charge in [0.15, 0.2) is 6.61 Å². The van der Waals surface area contributed by atoms with E-state index in [-0.39, 0.29) is 56.4 Å². The second kappa shape index (κ2) is 18.1. The number of nitrogens with one attached hydrogen (secondary N) is 3. The molecule has 5 rings (SSSR count). The summed E-state index contributed by atoms with van der Waals surface area (Å²) in [6.45, 7) is 5.24. The molecular formula is C38H51N5O8. The van der Waals surface area contributed by atoms with Gasteiger partial charge in [-0.25, -0.2) is 0 Å². The molecule has 2 aromatic carbocycles. The normalized spacial score (nSPS) is 24.2. The Kier molecular flexibility index (Phi) is 13.4. The molecule has 4 atom stereocenters. The Bertz CT molecular complexity index is 1510. The van der Waals surface area contributed by atoms with Gasteiger partial charge in [-0.1, -0.05) is 56.3 Å². The minimum Gasteiger partial charge on any atom is -0.484 e. The van der Waals surface area contributed by atoms with Crippen molar-refractivity contribution in [2.75, 3.05) is 59.7 Å². The summed E-state index contributed by atoms with van der Waals surface area (Å²) in [5.74, 6) is -1.71. The van der Waals surface area contributed by atoms with Gasteiger partial charge in [-0.05, 0) is 48.4 Å². The summed E-state index contributed by atoms with van der Waals surface area (Å²) < 4.78 is 16.7. The molecule has 0 unspecified atom stereocenters. The first-order chi connectivity index (χ1) is 24.6. The Labute approximate surface area is 299 Å². The number of benzene rings is 2. The molecular weight excluding hydrogens is 654 g/mol. The smallest absolute Gasteiger partial charge is 0.258 e. The van der Waals surface area contributed by atoms with Crippen LogP contribution < -0.4 is 20.7 Å². The maximum atomic E-state index is 14.2. The summed E-state index contributed by atoms with van der Waals surface area (Å²) >= 11 is 0. The van der Waals surface area contributed by atoms with E-state index in [9.17, 15) is 24.0 Å². The monoisotopic (exact) mass is 705 g/mol. The van der Waals surface area contributed by atoms with Crippen LogP contribution in [-0.4, -0.2) is 117 Å². The number of hydrogen-bond acceptors (Lipinski definition) is 8. The molecule has 3 aliphatic rings. The van der Waals surface area contributed by atoms with Crippen molar-refractivity contribution < 1.29 is 38.2 Å². The standard InChI is InChI=1S/C38H51N5O8/c1-25(2)18-32-38(48)42(14-17-49-3)23-34(44)39-31(19-26-8-5-4-6-9-26)36(46)41-33-22-43(37(47)27-12-15-50-16-13-27)21-30(33)28-10-7-11-29(20-28)51-24-35(45)40-32/h4-11,20,25,27,30-33H,12-19,21-24H2,1-3H3,(H,39,44)(H,40,45)(H,41,46)/t30-,31-,32+,33+/m0/s1. The minimum atomic E-state index is -0.972. The predicted octanol–water partition coefficient (Wildman–Crippen LogP) is 1.65. The summed E-state index contributed by atoms with van der Waals surface area (Å²) in [5.41, 5.74) is 1.68. The zero-order valence-electron chi connectivity index (χ0n) is 29.8. The zero-order valence-corrected chi connectivity index (χ0v) is 29.8. The first kappa shape index (κ1) is 37.8. The molecule has 5 amide bonds. The van der Waals surface area contributed by atoms with Crippen molar-refractivity contribution in [2.45, 2.75) is 63.6 Å². The molecule has 13 heteroatoms. The lowest BCUT2D eigenvalue weighted by molar-refractivity contribution is -0.141. The third-order valence-corrected chi connectivity index (χ3v) is 9.67. The second-order valence-electron chi connectivity index (χ2n) is 14.0. The highest BCUT2D eigenvalue weighted by molar-refractivity contribution is 5.93. The van der Waals surface area contributed by atoms with Crippen molar-refractivity contribution >= 4 is 29.5 Å². The fourth-order valence-electron chi connectivity index (χ4n) is 7.03. The maximum absolute atomic E-state index is 14.2. The molecule has 276 valence electrons. The van der Waals surface area contributed by atoms with Gasteiger partial charge >= 0.3 is 0 Å². The lowest BCUT2D eigenvalue weighted by Crippen LogP contribution is -2.56. The number of nitrogens with zero attached hydrogens (tertiary/aromatic N) is 2. The van der Waals surface area contributed by atoms with Gasteiger partial charge in [0.25, 0.3) is 5.91 Å². The number of carbonyl (C=O) groups is 5. The van der Waals surface area contributed by atoms with E-state index in [1.165, 1.54) is 12.0 Å². The molecule has 51 heavy (non-hydrogen) atoms. The van der Waals surface area contributed by atoms with Crippen LogP contribution in [0.25, 0.3) is 0 Å². The zero-order chi connectivity index (χ0) is 36.3. The van der Waals surface area contributed by atoms with Crippen LogP contribution in [-0.2, 0) is 39.9 Å². The molecule has 2 aromatic rings. The Balaban J connectivity index is 1.48. The second-order valence-corrected chi connectivity index (χ2v) is 14.0. The van der Waals surface area contributed by atoms with Gasteiger partial charge in [0.2, 0.25) is 23.6 Å². The molecule has 3 heterocycles. The lowest BCUT2D eigenvalue weighted by atomic mass is 9.93. The van der Waals surface area contributed by atoms with Crippen LogP contribution in [0.5, 0.6) is 5.75 Å². The van der Waals surface area contributed by atoms with E-state index < -0.39 is 41.8 Å². The van der Waals surface area contributed by atoms with Gasteiger partial charge in [-0.2, -0.15) is 0 Å². The van der Waals surface area contributed by atoms with Crippen molar-refractivity contribution in [3.63, 3.8) is 0 Å². The highest BCUT2D eigenvalue weighted by atomic mass is 16.5. The molecule has 2 saturated heterocycles. The van der Waals surface area contributed by atoms with Gasteiger partial charge in [-0.15, -0.1) is 0 Å². The summed E-state index contributed by atoms with van der Waals surface area (Å²) in [5, 5.41) is 8.90. The molecule has 3 aliphatic heterocycles. The fraction of sp³-hybridized carbons (Fsp3) is 0.553. The maximum Gasteiger partial charge on any atom is 0.258 e. The molecule has 0 saturated carbocycles. The number of fused-ring (bicyclic) bond motifs is 4. The topological polar surface area (TPSA) is 156 Å². The van der Waals surface area contributed by atoms with E-state index in [1.807, 2.05) is 67.3 Å². The van der Waals surface area contributed by atoms with Crippen LogP contribution in [0.15, 0.2) is 54.6 Å². The largest absolute Gasteiger partial charge is 0.484 e. The quantitative estimate of drug-likeness (QED) is 0.375. The number of carbonyl (C=O) groups excluding carboxylic acids is 5. The number of ether oxygens (including phenoxy) is 3. The number of rotatable bonds is 8. The summed E-state index contributed by atoms with van der Waals surface area (Å²) in [6.07, 6.45) is 1.85. The highest BCUT2D eigenvalue weighted by Crippen LogP contribution is 2.32. The Morgan fingerprint density at radius 1 is 0.922 bits per heavy atom. The Morgan fingerprint density at radius 2 is 1.67 bits per heavy atom. The van der Waals surface area contributed by atoms with E-state index in [0.29, 0.717) is 51.3 Å². The fourth-order valence-corrected chi connectivity index (χ4v) is 7.03. The predicted molar refractivity (Wildman–Crippen MR) is 189 cm³/mol. The molecule has 13 nitrogen and oxygen atoms in total. The third-order valence-electron chi connectivity index (χ3n) is 9.67. The number of amides is 5. The van der Waals surface area contributed by atoms with Crippen molar-refractivity contribution in [3.8, 4) is 5.75 Å². The summed E-state index contributed by atoms with van der Waals surface area (Å²) in [4.78, 5) is 71.9. The van der Waals surface area contributed by atoms with E-state index >= 15 is 0 Å². The van der Waals surface area contributed by atoms with Crippen LogP contribution >= 0.6 is 0 Å². The van der Waals surface area contributed by atoms with Gasteiger partial charge in [0.05, 0.1) is 19.2 Å². The first-order valence-corrected chi connectivity index (χ1v) is 17.9. The molecule has 3 N–H and O–H groups in total. The SMILES string of the molecule is COCCN1CC(=O)N[C@@H](Cc2ccccc2)C(=O)N[C@@H]2CN(C(=O)C3CCOCC3)C[C@H]2c2cccc(c2)OCC(=O)N[C@H](CC(C)C)C1=O. The number of methoxy groups -OCH3 is 1. The molecule has 2 bridgehead atoms. The van der Waals surface area contributed by atoms with E-state index in [0.717, 1.165) is 11.1 Å². The molecule has 2 fully saturated rings. The van der Waals surface area contributed by atoms with Gasteiger partial charge in [-0.3, -0.25) is 24.0 Å². The van der Waals surface area contributed by atoms with Crippen LogP contribution in [0.3, 0.4) is 0 Å². The van der Waals surface area contributed by atoms with Crippen LogP contribution in [0, 0.1) is 11.8 Å². The molecule has 0 aliphatic carbocycles. The molecule has 0 spiro atoms. The van der Waals surface area contributed by atoms with Crippen LogP contribution in [0.1, 0.15) is 50.2 Å². The average Bonchev–Trinajstić information content (AvgIpc) is 3.55. The third kappa shape index (κ3) is 10.5. The van der Waals surface area contributed by atoms with Crippen molar-refractivity contribution in [1.82, 2.24) is 25.8 Å². The number of hydrogen-bond donors (Lipinski definition) is 3. The van der Waals surface area contributed by atoms with Crippen LogP contribution in [0.2, 0.25) is 0 Å². The van der Waals surface area contributed by atoms with Crippen molar-refractivity contribution in [1.29, 1.82) is 0 Å². The van der Waals surface area contributed by atoms with Gasteiger partial charge in [0.1, 0.15) is 17.8 Å². The van der Waals surface area contributed by atoms with Gasteiger partial charge < -0.3 is 40.0 Å². The Morgan fingerprint density at radius 3 is 2.39 bits per heavy atom. The van der Waals surface area contributed by atoms with Crippen molar-refractivity contribution in [2.24, 2.45) is 11.8 Å². The van der Waals surface area contributed by atoms with E-state index in [2.05, 4.69) is 16.0 Å². The first-order valence-electron chi connectivity index (χ1n) is 17.9. The minimum absolute atomic E-state index is 0.0356. The molecule has 0 radical (unpaired) electrons. The Hall–Kier alpha value is -4.49. The lowest BCUT2D eigenvalue weighted by Gasteiger charge is -2.29. The summed E-state index contributed by atoms with van der Waals surface area (Å²) in [7, 11) is 1.50. The van der Waals surface area contributed by atoms with Crippen molar-refractivity contribution in [3.05, 3.63) is 65.7 Å². The van der Waals surface area contributed by atoms with E-state index in [4.69, 9.17) is 14.2 Å².